The minimum Gasteiger partial charge on any atom is -0.497 e. The van der Waals surface area contributed by atoms with Gasteiger partial charge in [0.15, 0.2) is 0 Å². The van der Waals surface area contributed by atoms with Gasteiger partial charge in [0.05, 0.1) is 25.8 Å². The fourth-order valence-electron chi connectivity index (χ4n) is 3.13. The smallest absolute Gasteiger partial charge is 0.406 e. The Morgan fingerprint density at radius 2 is 2.00 bits per heavy atom. The lowest BCUT2D eigenvalue weighted by atomic mass is 10.1. The number of rotatable bonds is 7. The third kappa shape index (κ3) is 5.05. The minimum absolute atomic E-state index is 0.000728. The molecule has 1 aromatic rings. The molecule has 1 aromatic carbocycles. The Labute approximate surface area is 155 Å². The third-order valence-electron chi connectivity index (χ3n) is 4.33. The first kappa shape index (κ1) is 20.9. The van der Waals surface area contributed by atoms with Gasteiger partial charge < -0.3 is 19.3 Å². The standard InChI is InChI=1S/C18H23F3N2O4/c1-4-7-22(11-18(19,20)21)17(25)12-8-16(24)23(10-12)14-9-13(26-2)5-6-15(14)27-3/h5-6,9,12H,4,7-8,10-11H2,1-3H3. The van der Waals surface area contributed by atoms with E-state index in [0.717, 1.165) is 4.90 Å². The predicted octanol–water partition coefficient (Wildman–Crippen LogP) is 2.86. The van der Waals surface area contributed by atoms with Gasteiger partial charge in [-0.1, -0.05) is 6.92 Å². The van der Waals surface area contributed by atoms with Gasteiger partial charge in [-0.3, -0.25) is 9.59 Å². The van der Waals surface area contributed by atoms with Gasteiger partial charge in [-0.15, -0.1) is 0 Å². The lowest BCUT2D eigenvalue weighted by molar-refractivity contribution is -0.163. The van der Waals surface area contributed by atoms with Crippen LogP contribution in [-0.2, 0) is 9.59 Å². The molecule has 1 aliphatic heterocycles. The second-order valence-corrected chi connectivity index (χ2v) is 6.32. The van der Waals surface area contributed by atoms with Crippen LogP contribution in [0.25, 0.3) is 0 Å². The third-order valence-corrected chi connectivity index (χ3v) is 4.33. The number of hydrogen-bond acceptors (Lipinski definition) is 4. The summed E-state index contributed by atoms with van der Waals surface area (Å²) in [5, 5.41) is 0. The van der Waals surface area contributed by atoms with Crippen LogP contribution in [0.15, 0.2) is 18.2 Å². The van der Waals surface area contributed by atoms with Crippen molar-refractivity contribution in [2.45, 2.75) is 25.9 Å². The topological polar surface area (TPSA) is 59.1 Å². The lowest BCUT2D eigenvalue weighted by Crippen LogP contribution is -2.43. The summed E-state index contributed by atoms with van der Waals surface area (Å²) in [6.07, 6.45) is -4.23. The number of ether oxygens (including phenoxy) is 2. The van der Waals surface area contributed by atoms with E-state index in [1.807, 2.05) is 0 Å². The molecular weight excluding hydrogens is 365 g/mol. The maximum Gasteiger partial charge on any atom is 0.406 e. The molecule has 2 amide bonds. The molecule has 1 unspecified atom stereocenters. The molecule has 0 radical (unpaired) electrons. The first-order valence-electron chi connectivity index (χ1n) is 8.58. The molecule has 0 saturated carbocycles. The number of benzene rings is 1. The summed E-state index contributed by atoms with van der Waals surface area (Å²) < 4.78 is 48.7. The Kier molecular flexibility index (Phi) is 6.56. The molecular formula is C18H23F3N2O4. The van der Waals surface area contributed by atoms with E-state index in [2.05, 4.69) is 0 Å². The van der Waals surface area contributed by atoms with E-state index < -0.39 is 24.5 Å². The molecule has 1 saturated heterocycles. The van der Waals surface area contributed by atoms with E-state index >= 15 is 0 Å². The summed E-state index contributed by atoms with van der Waals surface area (Å²) in [5.41, 5.74) is 0.426. The van der Waals surface area contributed by atoms with Gasteiger partial charge in [0.1, 0.15) is 18.0 Å². The summed E-state index contributed by atoms with van der Waals surface area (Å²) >= 11 is 0. The SMILES string of the molecule is CCCN(CC(F)(F)F)C(=O)C1CC(=O)N(c2cc(OC)ccc2OC)C1. The largest absolute Gasteiger partial charge is 0.497 e. The Morgan fingerprint density at radius 1 is 1.30 bits per heavy atom. The highest BCUT2D eigenvalue weighted by atomic mass is 19.4. The van der Waals surface area contributed by atoms with Crippen molar-refractivity contribution in [3.05, 3.63) is 18.2 Å². The molecule has 27 heavy (non-hydrogen) atoms. The van der Waals surface area contributed by atoms with Crippen LogP contribution >= 0.6 is 0 Å². The quantitative estimate of drug-likeness (QED) is 0.721. The average Bonchev–Trinajstić information content (AvgIpc) is 3.00. The Hall–Kier alpha value is -2.45. The highest BCUT2D eigenvalue weighted by Gasteiger charge is 2.41. The minimum atomic E-state index is -4.48. The molecule has 150 valence electrons. The van der Waals surface area contributed by atoms with Gasteiger partial charge in [-0.05, 0) is 18.6 Å². The highest BCUT2D eigenvalue weighted by molar-refractivity contribution is 6.01. The van der Waals surface area contributed by atoms with Crippen LogP contribution in [0.2, 0.25) is 0 Å². The second-order valence-electron chi connectivity index (χ2n) is 6.32. The van der Waals surface area contributed by atoms with Gasteiger partial charge in [0, 0.05) is 25.6 Å². The van der Waals surface area contributed by atoms with Gasteiger partial charge in [0.2, 0.25) is 11.8 Å². The fourth-order valence-corrected chi connectivity index (χ4v) is 3.13. The molecule has 9 heteroatoms. The van der Waals surface area contributed by atoms with Crippen LogP contribution in [-0.4, -0.2) is 56.7 Å². The number of halogens is 3. The molecule has 6 nitrogen and oxygen atoms in total. The number of carbonyl (C=O) groups is 2. The zero-order valence-corrected chi connectivity index (χ0v) is 15.5. The van der Waals surface area contributed by atoms with Crippen molar-refractivity contribution in [1.82, 2.24) is 4.90 Å². The molecule has 1 fully saturated rings. The molecule has 0 bridgehead atoms. The van der Waals surface area contributed by atoms with Gasteiger partial charge in [0.25, 0.3) is 0 Å². The highest BCUT2D eigenvalue weighted by Crippen LogP contribution is 2.36. The van der Waals surface area contributed by atoms with Crippen molar-refractivity contribution in [3.63, 3.8) is 0 Å². The van der Waals surface area contributed by atoms with Gasteiger partial charge in [-0.2, -0.15) is 13.2 Å². The van der Waals surface area contributed by atoms with E-state index in [4.69, 9.17) is 9.47 Å². The monoisotopic (exact) mass is 388 g/mol. The van der Waals surface area contributed by atoms with E-state index in [1.54, 1.807) is 25.1 Å². The maximum atomic E-state index is 12.8. The number of methoxy groups -OCH3 is 2. The van der Waals surface area contributed by atoms with Crippen LogP contribution in [0.4, 0.5) is 18.9 Å². The van der Waals surface area contributed by atoms with Gasteiger partial charge >= 0.3 is 6.18 Å². The van der Waals surface area contributed by atoms with Crippen molar-refractivity contribution in [2.24, 2.45) is 5.92 Å². The molecule has 0 aromatic heterocycles. The molecule has 1 atom stereocenters. The van der Waals surface area contributed by atoms with Crippen molar-refractivity contribution < 1.29 is 32.2 Å². The van der Waals surface area contributed by atoms with E-state index in [9.17, 15) is 22.8 Å². The number of anilines is 1. The summed E-state index contributed by atoms with van der Waals surface area (Å²) in [6, 6.07) is 4.89. The first-order valence-corrected chi connectivity index (χ1v) is 8.58. The molecule has 1 aliphatic rings. The molecule has 1 heterocycles. The summed E-state index contributed by atoms with van der Waals surface area (Å²) in [7, 11) is 2.92. The van der Waals surface area contributed by atoms with E-state index in [0.29, 0.717) is 23.6 Å². The summed E-state index contributed by atoms with van der Waals surface area (Å²) in [5.74, 6) is -0.923. The zero-order chi connectivity index (χ0) is 20.2. The first-order chi connectivity index (χ1) is 12.7. The van der Waals surface area contributed by atoms with E-state index in [1.165, 1.54) is 19.1 Å². The maximum absolute atomic E-state index is 12.8. The zero-order valence-electron chi connectivity index (χ0n) is 15.5. The van der Waals surface area contributed by atoms with Crippen LogP contribution < -0.4 is 14.4 Å². The predicted molar refractivity (Wildman–Crippen MR) is 92.9 cm³/mol. The number of amides is 2. The van der Waals surface area contributed by atoms with Crippen molar-refractivity contribution >= 4 is 17.5 Å². The van der Waals surface area contributed by atoms with E-state index in [-0.39, 0.29) is 25.4 Å². The van der Waals surface area contributed by atoms with Crippen LogP contribution in [0.5, 0.6) is 11.5 Å². The molecule has 0 N–H and O–H groups in total. The van der Waals surface area contributed by atoms with Crippen molar-refractivity contribution in [3.8, 4) is 11.5 Å². The van der Waals surface area contributed by atoms with Crippen molar-refractivity contribution in [2.75, 3.05) is 38.8 Å². The van der Waals surface area contributed by atoms with Crippen LogP contribution in [0.1, 0.15) is 19.8 Å². The summed E-state index contributed by atoms with van der Waals surface area (Å²) in [6.45, 7) is 0.376. The Morgan fingerprint density at radius 3 is 2.56 bits per heavy atom. The number of nitrogens with zero attached hydrogens (tertiary/aromatic N) is 2. The molecule has 0 spiro atoms. The molecule has 0 aliphatic carbocycles. The number of alkyl halides is 3. The van der Waals surface area contributed by atoms with Crippen LogP contribution in [0.3, 0.4) is 0 Å². The number of carbonyl (C=O) groups excluding carboxylic acids is 2. The molecule has 2 rings (SSSR count). The fraction of sp³-hybridized carbons (Fsp3) is 0.556. The average molecular weight is 388 g/mol. The van der Waals surface area contributed by atoms with Gasteiger partial charge in [-0.25, -0.2) is 0 Å². The van der Waals surface area contributed by atoms with Crippen LogP contribution in [0, 0.1) is 5.92 Å². The second kappa shape index (κ2) is 8.49. The Bertz CT molecular complexity index is 694. The normalized spacial score (nSPS) is 17.2. The van der Waals surface area contributed by atoms with Crippen molar-refractivity contribution in [1.29, 1.82) is 0 Å². The lowest BCUT2D eigenvalue weighted by Gasteiger charge is -2.26. The number of hydrogen-bond donors (Lipinski definition) is 0. The summed E-state index contributed by atoms with van der Waals surface area (Å²) in [4.78, 5) is 27.2. The Balaban J connectivity index is 2.22.